The second-order valence-corrected chi connectivity index (χ2v) is 7.37. The molecule has 33 heavy (non-hydrogen) atoms. The molecule has 4 aromatic heterocycles. The number of anilines is 1. The summed E-state index contributed by atoms with van der Waals surface area (Å²) in [6, 6.07) is 5.59. The maximum atomic E-state index is 9.04. The van der Waals surface area contributed by atoms with E-state index in [1.54, 1.807) is 38.1 Å². The van der Waals surface area contributed by atoms with Crippen LogP contribution in [0.1, 0.15) is 12.1 Å². The van der Waals surface area contributed by atoms with Crippen LogP contribution in [-0.2, 0) is 0 Å². The van der Waals surface area contributed by atoms with Gasteiger partial charge in [0.05, 0.1) is 36.5 Å². The van der Waals surface area contributed by atoms with Gasteiger partial charge in [-0.2, -0.15) is 10.1 Å². The van der Waals surface area contributed by atoms with E-state index in [2.05, 4.69) is 30.1 Å². The highest BCUT2D eigenvalue weighted by molar-refractivity contribution is 5.66. The first-order valence-electron chi connectivity index (χ1n) is 10.4. The molecule has 0 aromatic carbocycles. The zero-order valence-electron chi connectivity index (χ0n) is 18.7. The second kappa shape index (κ2) is 10.0. The molecule has 0 aliphatic heterocycles. The third-order valence-electron chi connectivity index (χ3n) is 5.01. The quantitative estimate of drug-likeness (QED) is 0.398. The van der Waals surface area contributed by atoms with Crippen LogP contribution in [0.5, 0.6) is 17.4 Å². The molecule has 0 aliphatic rings. The van der Waals surface area contributed by atoms with Crippen LogP contribution in [-0.4, -0.2) is 62.5 Å². The van der Waals surface area contributed by atoms with Crippen molar-refractivity contribution in [3.8, 4) is 39.8 Å². The van der Waals surface area contributed by atoms with E-state index in [1.165, 1.54) is 0 Å². The average Bonchev–Trinajstić information content (AvgIpc) is 3.39. The molecule has 0 spiro atoms. The average molecular weight is 447 g/mol. The lowest BCUT2D eigenvalue weighted by molar-refractivity contribution is 0.290. The number of ether oxygens (including phenoxy) is 2. The number of aryl methyl sites for hydroxylation is 1. The van der Waals surface area contributed by atoms with Crippen molar-refractivity contribution >= 4 is 5.95 Å². The summed E-state index contributed by atoms with van der Waals surface area (Å²) in [7, 11) is 3.43. The molecule has 0 radical (unpaired) electrons. The first kappa shape index (κ1) is 22.2. The summed E-state index contributed by atoms with van der Waals surface area (Å²) in [6.07, 6.45) is 9.26. The standard InChI is InChI=1S/C23H25N7O3/c1-15-21(33-18-9-16(10-24-13-18)17-11-26-27-12-17)6-5-20(28-15)19-14-25-23(29-22(19)32-3)30(2)7-4-8-31/h5-6,9-14,31H,4,7-8H2,1-3H3,(H,26,27). The van der Waals surface area contributed by atoms with Crippen LogP contribution in [0.4, 0.5) is 5.95 Å². The summed E-state index contributed by atoms with van der Waals surface area (Å²) >= 11 is 0. The summed E-state index contributed by atoms with van der Waals surface area (Å²) in [5.41, 5.74) is 3.87. The fourth-order valence-electron chi connectivity index (χ4n) is 3.25. The van der Waals surface area contributed by atoms with E-state index >= 15 is 0 Å². The lowest BCUT2D eigenvalue weighted by atomic mass is 10.1. The van der Waals surface area contributed by atoms with E-state index in [9.17, 15) is 0 Å². The van der Waals surface area contributed by atoms with Gasteiger partial charge in [0.25, 0.3) is 0 Å². The van der Waals surface area contributed by atoms with Crippen molar-refractivity contribution in [1.82, 2.24) is 30.1 Å². The number of aromatic nitrogens is 6. The van der Waals surface area contributed by atoms with Gasteiger partial charge in [-0.1, -0.05) is 0 Å². The molecule has 4 aromatic rings. The highest BCUT2D eigenvalue weighted by atomic mass is 16.5. The summed E-state index contributed by atoms with van der Waals surface area (Å²) < 4.78 is 11.5. The maximum absolute atomic E-state index is 9.04. The summed E-state index contributed by atoms with van der Waals surface area (Å²) in [6.45, 7) is 2.62. The van der Waals surface area contributed by atoms with E-state index in [-0.39, 0.29) is 6.61 Å². The van der Waals surface area contributed by atoms with Crippen LogP contribution in [0, 0.1) is 6.92 Å². The molecule has 0 amide bonds. The van der Waals surface area contributed by atoms with Crippen molar-refractivity contribution in [2.45, 2.75) is 13.3 Å². The number of aliphatic hydroxyl groups excluding tert-OH is 1. The zero-order chi connectivity index (χ0) is 23.2. The van der Waals surface area contributed by atoms with Gasteiger partial charge in [-0.05, 0) is 31.5 Å². The van der Waals surface area contributed by atoms with E-state index in [4.69, 9.17) is 14.6 Å². The van der Waals surface area contributed by atoms with E-state index in [0.29, 0.717) is 53.2 Å². The number of hydrogen-bond acceptors (Lipinski definition) is 9. The Morgan fingerprint density at radius 1 is 1.09 bits per heavy atom. The largest absolute Gasteiger partial charge is 0.480 e. The Bertz CT molecular complexity index is 1210. The number of nitrogens with zero attached hydrogens (tertiary/aromatic N) is 6. The molecule has 0 unspecified atom stereocenters. The van der Waals surface area contributed by atoms with Gasteiger partial charge < -0.3 is 19.5 Å². The minimum absolute atomic E-state index is 0.112. The Kier molecular flexibility index (Phi) is 6.75. The highest BCUT2D eigenvalue weighted by Gasteiger charge is 2.15. The number of aromatic amines is 1. The topological polar surface area (TPSA) is 122 Å². The first-order valence-corrected chi connectivity index (χ1v) is 10.4. The Morgan fingerprint density at radius 3 is 2.70 bits per heavy atom. The number of H-pyrrole nitrogens is 1. The van der Waals surface area contributed by atoms with Gasteiger partial charge in [0.15, 0.2) is 0 Å². The third-order valence-corrected chi connectivity index (χ3v) is 5.01. The molecule has 0 aliphatic carbocycles. The van der Waals surface area contributed by atoms with E-state index < -0.39 is 0 Å². The molecule has 0 atom stereocenters. The smallest absolute Gasteiger partial charge is 0.228 e. The molecule has 2 N–H and O–H groups in total. The minimum Gasteiger partial charge on any atom is -0.480 e. The van der Waals surface area contributed by atoms with Gasteiger partial charge in [-0.3, -0.25) is 10.1 Å². The predicted molar refractivity (Wildman–Crippen MR) is 123 cm³/mol. The lowest BCUT2D eigenvalue weighted by Gasteiger charge is -2.18. The fraction of sp³-hybridized carbons (Fsp3) is 0.261. The Labute approximate surface area is 191 Å². The summed E-state index contributed by atoms with van der Waals surface area (Å²) in [4.78, 5) is 19.7. The Morgan fingerprint density at radius 2 is 1.97 bits per heavy atom. The number of nitrogens with one attached hydrogen (secondary N) is 1. The van der Waals surface area contributed by atoms with Gasteiger partial charge in [0, 0.05) is 49.9 Å². The molecule has 0 bridgehead atoms. The zero-order valence-corrected chi connectivity index (χ0v) is 18.7. The van der Waals surface area contributed by atoms with Crippen LogP contribution in [0.3, 0.4) is 0 Å². The van der Waals surface area contributed by atoms with Crippen molar-refractivity contribution in [2.75, 3.05) is 32.2 Å². The molecular formula is C23H25N7O3. The molecule has 4 rings (SSSR count). The third kappa shape index (κ3) is 5.07. The van der Waals surface area contributed by atoms with Crippen LogP contribution in [0.25, 0.3) is 22.4 Å². The molecular weight excluding hydrogens is 422 g/mol. The number of pyridine rings is 2. The van der Waals surface area contributed by atoms with Crippen LogP contribution in [0.2, 0.25) is 0 Å². The van der Waals surface area contributed by atoms with Crippen LogP contribution >= 0.6 is 0 Å². The number of hydrogen-bond donors (Lipinski definition) is 2. The Balaban J connectivity index is 1.56. The predicted octanol–water partition coefficient (Wildman–Crippen LogP) is 3.25. The minimum atomic E-state index is 0.112. The number of aliphatic hydroxyl groups is 1. The molecule has 0 saturated heterocycles. The van der Waals surface area contributed by atoms with Gasteiger partial charge in [-0.15, -0.1) is 0 Å². The molecule has 10 heteroatoms. The van der Waals surface area contributed by atoms with Crippen molar-refractivity contribution in [2.24, 2.45) is 0 Å². The number of methoxy groups -OCH3 is 1. The van der Waals surface area contributed by atoms with E-state index in [1.807, 2.05) is 37.1 Å². The fourth-order valence-corrected chi connectivity index (χ4v) is 3.25. The Hall–Kier alpha value is -4.05. The molecule has 4 heterocycles. The molecule has 10 nitrogen and oxygen atoms in total. The highest BCUT2D eigenvalue weighted by Crippen LogP contribution is 2.32. The second-order valence-electron chi connectivity index (χ2n) is 7.37. The monoisotopic (exact) mass is 447 g/mol. The van der Waals surface area contributed by atoms with Crippen LogP contribution < -0.4 is 14.4 Å². The van der Waals surface area contributed by atoms with Crippen molar-refractivity contribution in [1.29, 1.82) is 0 Å². The van der Waals surface area contributed by atoms with Gasteiger partial charge >= 0.3 is 0 Å². The number of rotatable bonds is 9. The lowest BCUT2D eigenvalue weighted by Crippen LogP contribution is -2.22. The maximum Gasteiger partial charge on any atom is 0.228 e. The molecule has 0 saturated carbocycles. The molecule has 0 fully saturated rings. The van der Waals surface area contributed by atoms with Crippen molar-refractivity contribution in [3.05, 3.63) is 54.9 Å². The molecule has 170 valence electrons. The van der Waals surface area contributed by atoms with Crippen molar-refractivity contribution < 1.29 is 14.6 Å². The summed E-state index contributed by atoms with van der Waals surface area (Å²) in [5, 5.41) is 15.8. The van der Waals surface area contributed by atoms with Gasteiger partial charge in [0.1, 0.15) is 11.5 Å². The van der Waals surface area contributed by atoms with Gasteiger partial charge in [-0.25, -0.2) is 9.97 Å². The summed E-state index contributed by atoms with van der Waals surface area (Å²) in [5.74, 6) is 2.16. The van der Waals surface area contributed by atoms with Crippen LogP contribution in [0.15, 0.2) is 49.2 Å². The normalized spacial score (nSPS) is 10.8. The SMILES string of the molecule is COc1nc(N(C)CCCO)ncc1-c1ccc(Oc2cncc(-c3cn[nH]c3)c2)c(C)n1. The van der Waals surface area contributed by atoms with Gasteiger partial charge in [0.2, 0.25) is 11.8 Å². The van der Waals surface area contributed by atoms with Crippen molar-refractivity contribution in [3.63, 3.8) is 0 Å². The van der Waals surface area contributed by atoms with E-state index in [0.717, 1.165) is 11.1 Å². The first-order chi connectivity index (χ1) is 16.1.